The van der Waals surface area contributed by atoms with Crippen molar-refractivity contribution in [2.45, 2.75) is 72.6 Å². The standard InChI is InChI=1S/C5H13N.2C3H7O.Ti/c1-4-5(2,3)6;2*1-3(2)4;/h4,6H2,1-3H3;2*3H,1-2H3;/q;2*-1;+2. The van der Waals surface area contributed by atoms with Gasteiger partial charge in [-0.2, -0.15) is 0 Å². The molecule has 0 rings (SSSR count). The first-order valence-electron chi connectivity index (χ1n) is 5.54. The van der Waals surface area contributed by atoms with Gasteiger partial charge in [-0.1, -0.05) is 6.92 Å². The van der Waals surface area contributed by atoms with Crippen molar-refractivity contribution >= 4 is 0 Å². The Labute approximate surface area is 105 Å². The maximum absolute atomic E-state index is 5.53. The molecule has 0 bridgehead atoms. The fourth-order valence-corrected chi connectivity index (χ4v) is 0.908. The van der Waals surface area contributed by atoms with E-state index >= 15 is 0 Å². The van der Waals surface area contributed by atoms with E-state index in [1.807, 2.05) is 41.5 Å². The molecule has 3 nitrogen and oxygen atoms in total. The average molecular weight is 253 g/mol. The van der Waals surface area contributed by atoms with Crippen LogP contribution in [0.3, 0.4) is 0 Å². The quantitative estimate of drug-likeness (QED) is 0.766. The smallest absolute Gasteiger partial charge is 0.00944 e. The molecule has 0 fully saturated rings. The summed E-state index contributed by atoms with van der Waals surface area (Å²) < 4.78 is 10.5. The van der Waals surface area contributed by atoms with Crippen LogP contribution in [0.15, 0.2) is 0 Å². The van der Waals surface area contributed by atoms with Gasteiger partial charge < -0.3 is 5.73 Å². The largest absolute Gasteiger partial charge is 0.326 e. The second-order valence-electron chi connectivity index (χ2n) is 4.76. The van der Waals surface area contributed by atoms with Gasteiger partial charge in [0.2, 0.25) is 0 Å². The number of rotatable bonds is 5. The van der Waals surface area contributed by atoms with Gasteiger partial charge in [0.1, 0.15) is 0 Å². The zero-order chi connectivity index (χ0) is 12.5. The van der Waals surface area contributed by atoms with Crippen molar-refractivity contribution in [3.05, 3.63) is 0 Å². The van der Waals surface area contributed by atoms with Crippen molar-refractivity contribution in [1.29, 1.82) is 0 Å². The summed E-state index contributed by atoms with van der Waals surface area (Å²) in [6.07, 6.45) is 1.69. The zero-order valence-electron chi connectivity index (χ0n) is 11.3. The summed E-state index contributed by atoms with van der Waals surface area (Å²) in [6.45, 7) is 14.2. The second-order valence-corrected chi connectivity index (χ2v) is 5.76. The first-order chi connectivity index (χ1) is 6.69. The Kier molecular flexibility index (Phi) is 11.7. The van der Waals surface area contributed by atoms with E-state index in [1.165, 1.54) is 0 Å². The fourth-order valence-electron chi connectivity index (χ4n) is 0.220. The summed E-state index contributed by atoms with van der Waals surface area (Å²) >= 11 is -0.574. The predicted molar refractivity (Wildman–Crippen MR) is 61.0 cm³/mol. The fraction of sp³-hybridized carbons (Fsp3) is 1.00. The van der Waals surface area contributed by atoms with Gasteiger partial charge >= 0.3 is 66.5 Å². The molecule has 0 aromatic rings. The van der Waals surface area contributed by atoms with Crippen LogP contribution in [-0.4, -0.2) is 17.7 Å². The summed E-state index contributed by atoms with van der Waals surface area (Å²) in [5.74, 6) is 0. The molecule has 0 unspecified atom stereocenters. The van der Waals surface area contributed by atoms with Crippen molar-refractivity contribution < 1.29 is 26.6 Å². The van der Waals surface area contributed by atoms with Crippen molar-refractivity contribution in [2.75, 3.05) is 0 Å². The average Bonchev–Trinajstić information content (AvgIpc) is 2.02. The normalized spacial score (nSPS) is 11.3. The van der Waals surface area contributed by atoms with E-state index in [2.05, 4.69) is 6.92 Å². The Hall–Kier alpha value is 0.594. The minimum Gasteiger partial charge on any atom is -0.326 e. The molecule has 0 aliphatic carbocycles. The van der Waals surface area contributed by atoms with E-state index < -0.39 is 19.9 Å². The third kappa shape index (κ3) is 25.1. The summed E-state index contributed by atoms with van der Waals surface area (Å²) in [5.41, 5.74) is 5.58. The topological polar surface area (TPSA) is 44.5 Å². The third-order valence-electron chi connectivity index (χ3n) is 1.48. The molecule has 0 aromatic carbocycles. The van der Waals surface area contributed by atoms with Gasteiger partial charge in [0.15, 0.2) is 0 Å². The Balaban J connectivity index is 0. The van der Waals surface area contributed by atoms with Gasteiger partial charge in [-0.25, -0.2) is 0 Å². The summed E-state index contributed by atoms with van der Waals surface area (Å²) in [7, 11) is 0. The van der Waals surface area contributed by atoms with Crippen molar-refractivity contribution in [2.24, 2.45) is 5.73 Å². The second kappa shape index (κ2) is 9.79. The zero-order valence-corrected chi connectivity index (χ0v) is 12.8. The van der Waals surface area contributed by atoms with Crippen LogP contribution >= 0.6 is 0 Å². The van der Waals surface area contributed by atoms with E-state index in [4.69, 9.17) is 12.4 Å². The molecule has 0 radical (unpaired) electrons. The summed E-state index contributed by atoms with van der Waals surface area (Å²) in [5, 5.41) is 0. The Morgan fingerprint density at radius 2 is 1.33 bits per heavy atom. The Morgan fingerprint density at radius 3 is 1.47 bits per heavy atom. The van der Waals surface area contributed by atoms with Gasteiger partial charge in [0.05, 0.1) is 0 Å². The molecular formula is C11H27NO2Ti. The van der Waals surface area contributed by atoms with Crippen molar-refractivity contribution in [3.63, 3.8) is 0 Å². The maximum Gasteiger partial charge on any atom is 0.00944 e. The summed E-state index contributed by atoms with van der Waals surface area (Å²) in [4.78, 5) is 0. The molecule has 15 heavy (non-hydrogen) atoms. The van der Waals surface area contributed by atoms with Gasteiger partial charge in [0.25, 0.3) is 0 Å². The van der Waals surface area contributed by atoms with Gasteiger partial charge in [-0.05, 0) is 20.3 Å². The maximum atomic E-state index is 5.53. The third-order valence-corrected chi connectivity index (χ3v) is 3.25. The molecule has 0 aliphatic heterocycles. The van der Waals surface area contributed by atoms with Crippen LogP contribution in [0, 0.1) is 0 Å². The Morgan fingerprint density at radius 1 is 1.07 bits per heavy atom. The molecule has 0 aromatic heterocycles. The number of nitrogens with two attached hydrogens (primary N) is 1. The monoisotopic (exact) mass is 253 g/mol. The molecule has 0 aliphatic rings. The predicted octanol–water partition coefficient (Wildman–Crippen LogP) is 2.88. The van der Waals surface area contributed by atoms with Crippen LogP contribution in [0.1, 0.15) is 54.9 Å². The molecule has 4 heteroatoms. The minimum absolute atomic E-state index is 0.0417. The number of hydrogen-bond donors (Lipinski definition) is 1. The van der Waals surface area contributed by atoms with Crippen LogP contribution in [0.25, 0.3) is 0 Å². The molecule has 0 atom stereocenters. The van der Waals surface area contributed by atoms with Crippen LogP contribution < -0.4 is 5.73 Å². The molecule has 0 heterocycles. The summed E-state index contributed by atoms with van der Waals surface area (Å²) in [6, 6.07) is 0. The molecule has 0 saturated heterocycles. The molecule has 0 amide bonds. The molecular weight excluding hydrogens is 226 g/mol. The van der Waals surface area contributed by atoms with Gasteiger partial charge in [-0.3, -0.25) is 0 Å². The van der Waals surface area contributed by atoms with E-state index in [0.717, 1.165) is 6.42 Å². The van der Waals surface area contributed by atoms with Crippen molar-refractivity contribution in [3.8, 4) is 0 Å². The van der Waals surface area contributed by atoms with E-state index in [0.29, 0.717) is 12.2 Å². The molecule has 2 N–H and O–H groups in total. The van der Waals surface area contributed by atoms with Crippen LogP contribution in [-0.2, 0) is 26.6 Å². The van der Waals surface area contributed by atoms with Crippen molar-refractivity contribution in [1.82, 2.24) is 0 Å². The van der Waals surface area contributed by atoms with E-state index in [-0.39, 0.29) is 5.54 Å². The van der Waals surface area contributed by atoms with Crippen LogP contribution in [0.5, 0.6) is 0 Å². The molecule has 0 saturated carbocycles. The van der Waals surface area contributed by atoms with Crippen LogP contribution in [0.4, 0.5) is 0 Å². The first kappa shape index (κ1) is 18.0. The number of hydrogen-bond acceptors (Lipinski definition) is 3. The first-order valence-corrected chi connectivity index (χ1v) is 6.81. The SMILES string of the molecule is CC(C)[O][Ti][O]C(C)C.CCC(C)(C)N. The minimum atomic E-state index is -0.574. The van der Waals surface area contributed by atoms with Crippen LogP contribution in [0.2, 0.25) is 0 Å². The molecule has 92 valence electrons. The Bertz CT molecular complexity index is 125. The van der Waals surface area contributed by atoms with E-state index in [1.54, 1.807) is 0 Å². The van der Waals surface area contributed by atoms with Gasteiger partial charge in [-0.15, -0.1) is 0 Å². The molecule has 0 spiro atoms. The van der Waals surface area contributed by atoms with Gasteiger partial charge in [0, 0.05) is 5.54 Å². The van der Waals surface area contributed by atoms with E-state index in [9.17, 15) is 0 Å².